The minimum Gasteiger partial charge on any atom is -0.387 e. The van der Waals surface area contributed by atoms with Gasteiger partial charge in [0.15, 0.2) is 0 Å². The van der Waals surface area contributed by atoms with Crippen LogP contribution >= 0.6 is 11.6 Å². The van der Waals surface area contributed by atoms with E-state index < -0.39 is 20.6 Å². The normalized spacial score (nSPS) is 18.2. The first-order valence-corrected chi connectivity index (χ1v) is 10.1. The maximum atomic E-state index is 12.8. The summed E-state index contributed by atoms with van der Waals surface area (Å²) in [6.07, 6.45) is 7.48. The van der Waals surface area contributed by atoms with Gasteiger partial charge in [-0.25, -0.2) is 0 Å². The molecule has 2 nitrogen and oxygen atoms in total. The number of alkyl halides is 1. The van der Waals surface area contributed by atoms with Crippen molar-refractivity contribution < 1.29 is 9.32 Å². The average Bonchev–Trinajstić information content (AvgIpc) is 2.50. The Morgan fingerprint density at radius 3 is 2.13 bits per heavy atom. The molecule has 0 amide bonds. The van der Waals surface area contributed by atoms with E-state index in [0.29, 0.717) is 11.3 Å². The fourth-order valence-corrected chi connectivity index (χ4v) is 4.24. The third-order valence-electron chi connectivity index (χ3n) is 4.56. The summed E-state index contributed by atoms with van der Waals surface area (Å²) >= 11 is 6.57. The molecule has 1 rings (SSSR count). The lowest BCUT2D eigenvalue weighted by Crippen LogP contribution is -2.48. The first-order valence-electron chi connectivity index (χ1n) is 8.62. The van der Waals surface area contributed by atoms with Gasteiger partial charge in [0.05, 0.1) is 16.4 Å². The first kappa shape index (κ1) is 20.7. The van der Waals surface area contributed by atoms with Crippen LogP contribution in [0.1, 0.15) is 71.3 Å². The molecule has 0 heterocycles. The highest BCUT2D eigenvalue weighted by atomic mass is 35.5. The summed E-state index contributed by atoms with van der Waals surface area (Å²) < 4.78 is 11.6. The van der Waals surface area contributed by atoms with Crippen LogP contribution < -0.4 is 0 Å². The lowest BCUT2D eigenvalue weighted by Gasteiger charge is -2.37. The zero-order valence-corrected chi connectivity index (χ0v) is 16.5. The van der Waals surface area contributed by atoms with E-state index in [2.05, 4.69) is 6.92 Å². The highest BCUT2D eigenvalue weighted by Gasteiger charge is 2.46. The number of hydrogen-bond acceptors (Lipinski definition) is 2. The molecule has 3 atom stereocenters. The minimum atomic E-state index is -1.47. The Bertz CT molecular complexity index is 495. The summed E-state index contributed by atoms with van der Waals surface area (Å²) in [6, 6.07) is 7.49. The third kappa shape index (κ3) is 5.88. The van der Waals surface area contributed by atoms with Crippen LogP contribution in [0.4, 0.5) is 0 Å². The average molecular weight is 359 g/mol. The Morgan fingerprint density at radius 1 is 1.04 bits per heavy atom. The van der Waals surface area contributed by atoms with Gasteiger partial charge < -0.3 is 5.11 Å². The Hall–Kier alpha value is -0.380. The SMILES string of the molecule is CCCCCCCCC(C)(O)C(C)(Cl)S(=O)c1ccc(C)cc1. The predicted octanol–water partition coefficient (Wildman–Crippen LogP) is 5.56. The van der Waals surface area contributed by atoms with Gasteiger partial charge in [0.2, 0.25) is 0 Å². The van der Waals surface area contributed by atoms with Crippen molar-refractivity contribution in [1.29, 1.82) is 0 Å². The van der Waals surface area contributed by atoms with Crippen LogP contribution in [0.2, 0.25) is 0 Å². The van der Waals surface area contributed by atoms with Crippen LogP contribution in [0.5, 0.6) is 0 Å². The first-order chi connectivity index (χ1) is 10.7. The van der Waals surface area contributed by atoms with Crippen molar-refractivity contribution in [3.05, 3.63) is 29.8 Å². The summed E-state index contributed by atoms with van der Waals surface area (Å²) in [7, 11) is -1.47. The Labute approximate surface area is 149 Å². The zero-order chi connectivity index (χ0) is 17.5. The van der Waals surface area contributed by atoms with E-state index in [1.807, 2.05) is 31.2 Å². The van der Waals surface area contributed by atoms with Crippen molar-refractivity contribution in [3.8, 4) is 0 Å². The van der Waals surface area contributed by atoms with Crippen LogP contribution in [0.3, 0.4) is 0 Å². The number of rotatable bonds is 10. The molecule has 3 unspecified atom stereocenters. The number of unbranched alkanes of at least 4 members (excludes halogenated alkanes) is 5. The van der Waals surface area contributed by atoms with E-state index in [-0.39, 0.29) is 0 Å². The van der Waals surface area contributed by atoms with Gasteiger partial charge >= 0.3 is 0 Å². The molecule has 0 fully saturated rings. The minimum absolute atomic E-state index is 0.566. The highest BCUT2D eigenvalue weighted by Crippen LogP contribution is 2.39. The van der Waals surface area contributed by atoms with Crippen molar-refractivity contribution in [1.82, 2.24) is 0 Å². The number of hydrogen-bond donors (Lipinski definition) is 1. The largest absolute Gasteiger partial charge is 0.387 e. The second-order valence-electron chi connectivity index (χ2n) is 6.79. The molecular formula is C19H31ClO2S. The van der Waals surface area contributed by atoms with Crippen molar-refractivity contribution in [2.75, 3.05) is 0 Å². The maximum Gasteiger partial charge on any atom is 0.149 e. The molecule has 0 aliphatic rings. The monoisotopic (exact) mass is 358 g/mol. The van der Waals surface area contributed by atoms with Gasteiger partial charge in [0.25, 0.3) is 0 Å². The summed E-state index contributed by atoms with van der Waals surface area (Å²) in [4.78, 5) is 0.663. The van der Waals surface area contributed by atoms with Crippen LogP contribution in [0.15, 0.2) is 29.2 Å². The fourth-order valence-electron chi connectivity index (χ4n) is 2.56. The quantitative estimate of drug-likeness (QED) is 0.439. The fraction of sp³-hybridized carbons (Fsp3) is 0.684. The van der Waals surface area contributed by atoms with Gasteiger partial charge in [-0.1, -0.05) is 63.1 Å². The molecule has 0 saturated heterocycles. The number of aliphatic hydroxyl groups is 1. The van der Waals surface area contributed by atoms with E-state index in [0.717, 1.165) is 18.4 Å². The maximum absolute atomic E-state index is 12.8. The van der Waals surface area contributed by atoms with E-state index in [9.17, 15) is 9.32 Å². The van der Waals surface area contributed by atoms with Gasteiger partial charge in [0, 0.05) is 4.90 Å². The molecule has 1 aromatic carbocycles. The molecule has 0 aromatic heterocycles. The topological polar surface area (TPSA) is 37.3 Å². The summed E-state index contributed by atoms with van der Waals surface area (Å²) in [5.74, 6) is 0. The summed E-state index contributed by atoms with van der Waals surface area (Å²) in [5, 5.41) is 10.8. The van der Waals surface area contributed by atoms with Crippen LogP contribution in [0, 0.1) is 6.92 Å². The Morgan fingerprint density at radius 2 is 1.57 bits per heavy atom. The molecule has 4 heteroatoms. The molecule has 0 spiro atoms. The molecule has 1 N–H and O–H groups in total. The van der Waals surface area contributed by atoms with E-state index in [1.54, 1.807) is 13.8 Å². The van der Waals surface area contributed by atoms with Crippen molar-refractivity contribution in [3.63, 3.8) is 0 Å². The van der Waals surface area contributed by atoms with Gasteiger partial charge in [-0.05, 0) is 39.3 Å². The standard InChI is InChI=1S/C19H31ClO2S/c1-5-6-7-8-9-10-15-18(3,21)19(4,20)23(22)17-13-11-16(2)12-14-17/h11-14,21H,5-10,15H2,1-4H3. The van der Waals surface area contributed by atoms with E-state index >= 15 is 0 Å². The molecule has 0 bridgehead atoms. The smallest absolute Gasteiger partial charge is 0.149 e. The molecule has 0 aliphatic carbocycles. The second kappa shape index (κ2) is 9.19. The molecule has 132 valence electrons. The Kier molecular flexibility index (Phi) is 8.26. The molecule has 0 saturated carbocycles. The molecule has 1 aromatic rings. The summed E-state index contributed by atoms with van der Waals surface area (Å²) in [5.41, 5.74) is -0.0597. The second-order valence-corrected chi connectivity index (χ2v) is 9.60. The zero-order valence-electron chi connectivity index (χ0n) is 14.9. The molecule has 23 heavy (non-hydrogen) atoms. The van der Waals surface area contributed by atoms with Crippen LogP contribution in [-0.2, 0) is 10.8 Å². The lowest BCUT2D eigenvalue weighted by molar-refractivity contribution is 0.0366. The van der Waals surface area contributed by atoms with Crippen molar-refractivity contribution >= 4 is 22.4 Å². The summed E-state index contributed by atoms with van der Waals surface area (Å²) in [6.45, 7) is 7.57. The van der Waals surface area contributed by atoms with E-state index in [4.69, 9.17) is 11.6 Å². The third-order valence-corrected chi connectivity index (χ3v) is 7.23. The van der Waals surface area contributed by atoms with Crippen molar-refractivity contribution in [2.45, 2.75) is 87.3 Å². The van der Waals surface area contributed by atoms with Gasteiger partial charge in [0.1, 0.15) is 4.21 Å². The van der Waals surface area contributed by atoms with E-state index in [1.165, 1.54) is 25.7 Å². The number of halogens is 1. The van der Waals surface area contributed by atoms with Gasteiger partial charge in [-0.2, -0.15) is 0 Å². The van der Waals surface area contributed by atoms with Crippen LogP contribution in [0.25, 0.3) is 0 Å². The van der Waals surface area contributed by atoms with Gasteiger partial charge in [-0.3, -0.25) is 4.21 Å². The lowest BCUT2D eigenvalue weighted by atomic mass is 9.94. The van der Waals surface area contributed by atoms with Crippen molar-refractivity contribution in [2.24, 2.45) is 0 Å². The predicted molar refractivity (Wildman–Crippen MR) is 100 cm³/mol. The Balaban J connectivity index is 2.64. The molecule has 0 aliphatic heterocycles. The van der Waals surface area contributed by atoms with Gasteiger partial charge in [-0.15, -0.1) is 11.6 Å². The molecule has 0 radical (unpaired) electrons. The number of benzene rings is 1. The number of aryl methyl sites for hydroxylation is 1. The highest BCUT2D eigenvalue weighted by molar-refractivity contribution is 7.88. The van der Waals surface area contributed by atoms with Crippen LogP contribution in [-0.4, -0.2) is 19.1 Å². The molecular weight excluding hydrogens is 328 g/mol.